The van der Waals surface area contributed by atoms with E-state index in [9.17, 15) is 15.0 Å². The van der Waals surface area contributed by atoms with Gasteiger partial charge in [0.05, 0.1) is 11.2 Å². The Morgan fingerprint density at radius 1 is 1.35 bits per heavy atom. The molecule has 0 spiro atoms. The predicted octanol–water partition coefficient (Wildman–Crippen LogP) is 3.59. The van der Waals surface area contributed by atoms with Crippen molar-refractivity contribution in [1.82, 2.24) is 4.98 Å². The minimum Gasteiger partial charge on any atom is -0.478 e. The number of rotatable bonds is 4. The second kappa shape index (κ2) is 6.30. The molecule has 0 radical (unpaired) electrons. The summed E-state index contributed by atoms with van der Waals surface area (Å²) in [5.74, 6) is -0.967. The summed E-state index contributed by atoms with van der Waals surface area (Å²) >= 11 is 6.04. The van der Waals surface area contributed by atoms with Crippen LogP contribution in [-0.2, 0) is 18.4 Å². The highest BCUT2D eigenvalue weighted by Gasteiger charge is 2.34. The Hall–Kier alpha value is -1.91. The monoisotopic (exact) mass is 331 g/mol. The van der Waals surface area contributed by atoms with Crippen molar-refractivity contribution in [2.45, 2.75) is 37.7 Å². The second-order valence-electron chi connectivity index (χ2n) is 6.02. The SMILES string of the molecule is O=C(O)c1ccncc1CCC1(O)CCCc2cc(Cl)ccc21. The zero-order valence-electron chi connectivity index (χ0n) is 12.6. The van der Waals surface area contributed by atoms with Crippen LogP contribution in [0, 0.1) is 0 Å². The van der Waals surface area contributed by atoms with E-state index in [1.165, 1.54) is 12.3 Å². The van der Waals surface area contributed by atoms with E-state index in [4.69, 9.17) is 11.6 Å². The van der Waals surface area contributed by atoms with Gasteiger partial charge < -0.3 is 10.2 Å². The molecule has 1 heterocycles. The number of hydrogen-bond acceptors (Lipinski definition) is 3. The lowest BCUT2D eigenvalue weighted by atomic mass is 9.76. The van der Waals surface area contributed by atoms with E-state index in [1.54, 1.807) is 12.3 Å². The number of benzene rings is 1. The fourth-order valence-corrected chi connectivity index (χ4v) is 3.56. The van der Waals surface area contributed by atoms with Crippen LogP contribution >= 0.6 is 11.6 Å². The zero-order chi connectivity index (χ0) is 16.4. The van der Waals surface area contributed by atoms with Crippen LogP contribution in [0.2, 0.25) is 5.02 Å². The second-order valence-corrected chi connectivity index (χ2v) is 6.46. The molecule has 0 bridgehead atoms. The number of hydrogen-bond donors (Lipinski definition) is 2. The molecule has 5 heteroatoms. The molecule has 1 aromatic heterocycles. The van der Waals surface area contributed by atoms with E-state index in [2.05, 4.69) is 4.98 Å². The maximum Gasteiger partial charge on any atom is 0.336 e. The highest BCUT2D eigenvalue weighted by atomic mass is 35.5. The number of carboxylic acid groups (broad SMARTS) is 1. The first kappa shape index (κ1) is 16.0. The minimum atomic E-state index is -0.967. The zero-order valence-corrected chi connectivity index (χ0v) is 13.4. The molecule has 4 nitrogen and oxygen atoms in total. The molecule has 0 saturated carbocycles. The summed E-state index contributed by atoms with van der Waals surface area (Å²) < 4.78 is 0. The summed E-state index contributed by atoms with van der Waals surface area (Å²) in [5.41, 5.74) is 1.94. The largest absolute Gasteiger partial charge is 0.478 e. The van der Waals surface area contributed by atoms with E-state index in [1.807, 2.05) is 12.1 Å². The predicted molar refractivity (Wildman–Crippen MR) is 87.8 cm³/mol. The molecule has 1 aromatic carbocycles. The molecular weight excluding hydrogens is 314 g/mol. The van der Waals surface area contributed by atoms with E-state index in [-0.39, 0.29) is 5.56 Å². The van der Waals surface area contributed by atoms with Gasteiger partial charge in [-0.05, 0) is 67.0 Å². The number of aliphatic hydroxyl groups is 1. The molecule has 0 amide bonds. The Morgan fingerprint density at radius 2 is 2.17 bits per heavy atom. The van der Waals surface area contributed by atoms with Gasteiger partial charge in [0.25, 0.3) is 0 Å². The molecule has 2 aromatic rings. The summed E-state index contributed by atoms with van der Waals surface area (Å²) in [6.07, 6.45) is 6.44. The first-order valence-corrected chi connectivity index (χ1v) is 8.05. The quantitative estimate of drug-likeness (QED) is 0.898. The summed E-state index contributed by atoms with van der Waals surface area (Å²) in [7, 11) is 0. The molecule has 23 heavy (non-hydrogen) atoms. The Balaban J connectivity index is 1.86. The molecule has 0 saturated heterocycles. The summed E-state index contributed by atoms with van der Waals surface area (Å²) in [5, 5.41) is 21.0. The van der Waals surface area contributed by atoms with Gasteiger partial charge >= 0.3 is 5.97 Å². The third-order valence-corrected chi connectivity index (χ3v) is 4.78. The molecule has 120 valence electrons. The van der Waals surface area contributed by atoms with Gasteiger partial charge in [-0.1, -0.05) is 17.7 Å². The van der Waals surface area contributed by atoms with Crippen LogP contribution < -0.4 is 0 Å². The molecule has 1 aliphatic rings. The molecule has 3 rings (SSSR count). The van der Waals surface area contributed by atoms with Crippen molar-refractivity contribution in [2.75, 3.05) is 0 Å². The van der Waals surface area contributed by atoms with Crippen molar-refractivity contribution in [3.8, 4) is 0 Å². The summed E-state index contributed by atoms with van der Waals surface area (Å²) in [6.45, 7) is 0. The topological polar surface area (TPSA) is 70.4 Å². The normalized spacial score (nSPS) is 20.1. The smallest absolute Gasteiger partial charge is 0.336 e. The van der Waals surface area contributed by atoms with E-state index < -0.39 is 11.6 Å². The van der Waals surface area contributed by atoms with Gasteiger partial charge in [-0.2, -0.15) is 0 Å². The number of halogens is 1. The van der Waals surface area contributed by atoms with E-state index >= 15 is 0 Å². The third-order valence-electron chi connectivity index (χ3n) is 4.55. The van der Waals surface area contributed by atoms with Crippen LogP contribution in [-0.4, -0.2) is 21.2 Å². The molecule has 2 N–H and O–H groups in total. The van der Waals surface area contributed by atoms with Crippen LogP contribution in [0.1, 0.15) is 46.3 Å². The fraction of sp³-hybridized carbons (Fsp3) is 0.333. The van der Waals surface area contributed by atoms with Crippen molar-refractivity contribution < 1.29 is 15.0 Å². The van der Waals surface area contributed by atoms with Gasteiger partial charge in [0, 0.05) is 17.4 Å². The van der Waals surface area contributed by atoms with Gasteiger partial charge in [0.15, 0.2) is 0 Å². The number of nitrogens with zero attached hydrogens (tertiary/aromatic N) is 1. The Bertz CT molecular complexity index is 747. The lowest BCUT2D eigenvalue weighted by molar-refractivity contribution is 0.0102. The number of aromatic nitrogens is 1. The molecule has 1 unspecified atom stereocenters. The first-order chi connectivity index (χ1) is 11.0. The Morgan fingerprint density at radius 3 is 2.96 bits per heavy atom. The average Bonchev–Trinajstić information content (AvgIpc) is 2.53. The summed E-state index contributed by atoms with van der Waals surface area (Å²) in [4.78, 5) is 15.3. The van der Waals surface area contributed by atoms with Crippen molar-refractivity contribution in [2.24, 2.45) is 0 Å². The maximum absolute atomic E-state index is 11.3. The molecule has 1 atom stereocenters. The summed E-state index contributed by atoms with van der Waals surface area (Å²) in [6, 6.07) is 7.09. The number of aromatic carboxylic acids is 1. The van der Waals surface area contributed by atoms with Gasteiger partial charge in [-0.3, -0.25) is 4.98 Å². The number of carboxylic acids is 1. The van der Waals surface area contributed by atoms with E-state index in [0.29, 0.717) is 29.8 Å². The standard InChI is InChI=1S/C18H18ClNO3/c19-14-3-4-16-12(10-14)2-1-7-18(16,23)8-5-13-11-20-9-6-15(13)17(21)22/h3-4,6,9-11,23H,1-2,5,7-8H2,(H,21,22). The van der Waals surface area contributed by atoms with Crippen LogP contribution in [0.3, 0.4) is 0 Å². The number of fused-ring (bicyclic) bond motifs is 1. The van der Waals surface area contributed by atoms with Crippen molar-refractivity contribution in [1.29, 1.82) is 0 Å². The Kier molecular flexibility index (Phi) is 4.37. The molecule has 0 fully saturated rings. The average molecular weight is 332 g/mol. The number of pyridine rings is 1. The number of aryl methyl sites for hydroxylation is 2. The van der Waals surface area contributed by atoms with Crippen LogP contribution in [0.4, 0.5) is 0 Å². The van der Waals surface area contributed by atoms with Gasteiger partial charge in [-0.25, -0.2) is 4.79 Å². The van der Waals surface area contributed by atoms with Crippen molar-refractivity contribution >= 4 is 17.6 Å². The molecular formula is C18H18ClNO3. The van der Waals surface area contributed by atoms with Gasteiger partial charge in [-0.15, -0.1) is 0 Å². The van der Waals surface area contributed by atoms with Gasteiger partial charge in [0.2, 0.25) is 0 Å². The lowest BCUT2D eigenvalue weighted by Crippen LogP contribution is -2.31. The minimum absolute atomic E-state index is 0.246. The van der Waals surface area contributed by atoms with E-state index in [0.717, 1.165) is 24.0 Å². The molecule has 1 aliphatic carbocycles. The highest BCUT2D eigenvalue weighted by molar-refractivity contribution is 6.30. The van der Waals surface area contributed by atoms with Crippen molar-refractivity contribution in [3.05, 3.63) is 63.9 Å². The molecule has 0 aliphatic heterocycles. The number of carbonyl (C=O) groups is 1. The lowest BCUT2D eigenvalue weighted by Gasteiger charge is -2.35. The fourth-order valence-electron chi connectivity index (χ4n) is 3.37. The van der Waals surface area contributed by atoms with Gasteiger partial charge in [0.1, 0.15) is 0 Å². The first-order valence-electron chi connectivity index (χ1n) is 7.67. The highest BCUT2D eigenvalue weighted by Crippen LogP contribution is 2.39. The van der Waals surface area contributed by atoms with Crippen LogP contribution in [0.5, 0.6) is 0 Å². The van der Waals surface area contributed by atoms with Crippen LogP contribution in [0.15, 0.2) is 36.7 Å². The Labute approximate surface area is 139 Å². The van der Waals surface area contributed by atoms with Crippen molar-refractivity contribution in [3.63, 3.8) is 0 Å². The van der Waals surface area contributed by atoms with Crippen LogP contribution in [0.25, 0.3) is 0 Å². The third kappa shape index (κ3) is 3.23. The maximum atomic E-state index is 11.3.